The van der Waals surface area contributed by atoms with Gasteiger partial charge >= 0.3 is 0 Å². The predicted octanol–water partition coefficient (Wildman–Crippen LogP) is 2.38. The monoisotopic (exact) mass is 219 g/mol. The molecule has 0 radical (unpaired) electrons. The third-order valence-corrected chi connectivity index (χ3v) is 2.20. The average Bonchev–Trinajstić information content (AvgIpc) is 2.09. The first-order valence-electron chi connectivity index (χ1n) is 3.43. The van der Waals surface area contributed by atoms with Crippen LogP contribution in [0.25, 0.3) is 0 Å². The molecule has 0 bridgehead atoms. The molecule has 0 aliphatic rings. The number of hydrogen-bond donors (Lipinski definition) is 0. The number of nitrogens with zero attached hydrogens (tertiary/aromatic N) is 2. The van der Waals surface area contributed by atoms with Crippen molar-refractivity contribution < 1.29 is 8.39 Å². The van der Waals surface area contributed by atoms with E-state index in [1.165, 1.54) is 13.3 Å². The molecule has 0 aromatic carbocycles. The van der Waals surface area contributed by atoms with Crippen molar-refractivity contribution in [2.75, 3.05) is 7.11 Å². The van der Waals surface area contributed by atoms with E-state index < -0.39 is 10.9 Å². The summed E-state index contributed by atoms with van der Waals surface area (Å²) in [4.78, 5) is 3.81. The van der Waals surface area contributed by atoms with Crippen LogP contribution in [0.1, 0.15) is 5.56 Å². The highest BCUT2D eigenvalue weighted by atomic mass is 35.5. The van der Waals surface area contributed by atoms with Crippen molar-refractivity contribution in [3.05, 3.63) is 23.0 Å². The van der Waals surface area contributed by atoms with Gasteiger partial charge in [-0.1, -0.05) is 22.5 Å². The van der Waals surface area contributed by atoms with E-state index in [1.54, 1.807) is 13.0 Å². The summed E-state index contributed by atoms with van der Waals surface area (Å²) in [5, 5.41) is 0.389. The number of aromatic nitrogens is 1. The summed E-state index contributed by atoms with van der Waals surface area (Å²) in [5.41, 5.74) is 1.33. The second kappa shape index (κ2) is 4.55. The van der Waals surface area contributed by atoms with Gasteiger partial charge in [0.25, 0.3) is 0 Å². The van der Waals surface area contributed by atoms with Gasteiger partial charge < -0.3 is 12.8 Å². The first-order valence-corrected chi connectivity index (χ1v) is 4.84. The zero-order valence-electron chi connectivity index (χ0n) is 7.15. The third kappa shape index (κ3) is 2.95. The van der Waals surface area contributed by atoms with Gasteiger partial charge in [0.05, 0.1) is 11.9 Å². The average molecular weight is 220 g/mol. The SMILES string of the molecule is CO[S-](=O)=Nc1cnc(Cl)cc1C. The van der Waals surface area contributed by atoms with Crippen LogP contribution in [0.4, 0.5) is 5.69 Å². The minimum absolute atomic E-state index is 0.389. The molecule has 0 amide bonds. The summed E-state index contributed by atoms with van der Waals surface area (Å²) in [6.45, 7) is 1.80. The van der Waals surface area contributed by atoms with Gasteiger partial charge in [0.2, 0.25) is 0 Å². The molecule has 13 heavy (non-hydrogen) atoms. The Hall–Kier alpha value is -0.650. The Bertz CT molecular complexity index is 388. The number of pyridine rings is 1. The summed E-state index contributed by atoms with van der Waals surface area (Å²) in [7, 11) is -0.335. The van der Waals surface area contributed by atoms with E-state index in [-0.39, 0.29) is 0 Å². The van der Waals surface area contributed by atoms with Crippen molar-refractivity contribution in [2.24, 2.45) is 4.36 Å². The lowest BCUT2D eigenvalue weighted by atomic mass is 10.3. The van der Waals surface area contributed by atoms with Crippen LogP contribution in [0.2, 0.25) is 5.15 Å². The zero-order valence-corrected chi connectivity index (χ0v) is 8.72. The summed E-state index contributed by atoms with van der Waals surface area (Å²) in [6.07, 6.45) is 1.45. The van der Waals surface area contributed by atoms with Gasteiger partial charge in [0, 0.05) is 7.11 Å². The largest absolute Gasteiger partial charge is 0.441 e. The van der Waals surface area contributed by atoms with Gasteiger partial charge in [-0.3, -0.25) is 0 Å². The fourth-order valence-corrected chi connectivity index (χ4v) is 1.37. The van der Waals surface area contributed by atoms with E-state index in [1.807, 2.05) is 0 Å². The quantitative estimate of drug-likeness (QED) is 0.567. The molecule has 0 unspecified atom stereocenters. The van der Waals surface area contributed by atoms with Crippen LogP contribution < -0.4 is 0 Å². The van der Waals surface area contributed by atoms with Crippen molar-refractivity contribution in [3.63, 3.8) is 0 Å². The normalized spacial score (nSPS) is 13.2. The zero-order chi connectivity index (χ0) is 9.84. The molecule has 1 rings (SSSR count). The second-order valence-electron chi connectivity index (χ2n) is 2.27. The first-order chi connectivity index (χ1) is 6.13. The van der Waals surface area contributed by atoms with Gasteiger partial charge in [0.1, 0.15) is 5.15 Å². The molecule has 0 saturated heterocycles. The van der Waals surface area contributed by atoms with Crippen molar-refractivity contribution >= 4 is 28.2 Å². The smallest absolute Gasteiger partial charge is 0.129 e. The Morgan fingerprint density at radius 1 is 1.69 bits per heavy atom. The molecule has 1 aromatic heterocycles. The van der Waals surface area contributed by atoms with Crippen molar-refractivity contribution in [3.8, 4) is 0 Å². The van der Waals surface area contributed by atoms with Crippen LogP contribution in [0.5, 0.6) is 0 Å². The maximum absolute atomic E-state index is 10.9. The minimum atomic E-state index is -1.65. The van der Waals surface area contributed by atoms with E-state index in [2.05, 4.69) is 13.5 Å². The van der Waals surface area contributed by atoms with Crippen LogP contribution in [0.15, 0.2) is 16.6 Å². The van der Waals surface area contributed by atoms with E-state index >= 15 is 0 Å². The van der Waals surface area contributed by atoms with E-state index in [4.69, 9.17) is 11.6 Å². The Morgan fingerprint density at radius 2 is 2.38 bits per heavy atom. The molecule has 1 heterocycles. The molecule has 1 aromatic rings. The van der Waals surface area contributed by atoms with Crippen molar-refractivity contribution in [2.45, 2.75) is 6.92 Å². The molecule has 0 fully saturated rings. The van der Waals surface area contributed by atoms with Gasteiger partial charge in [-0.05, 0) is 18.6 Å². The van der Waals surface area contributed by atoms with Crippen molar-refractivity contribution in [1.82, 2.24) is 4.98 Å². The Kier molecular flexibility index (Phi) is 3.65. The standard InChI is InChI=1S/C7H8ClN2O2S/c1-5-3-7(8)9-4-6(5)10-13(11)12-2/h3-4H,1-2H3/q-1. The third-order valence-electron chi connectivity index (χ3n) is 1.37. The molecule has 0 N–H and O–H groups in total. The molecule has 6 heteroatoms. The van der Waals surface area contributed by atoms with Crippen molar-refractivity contribution in [1.29, 1.82) is 0 Å². The summed E-state index contributed by atoms with van der Waals surface area (Å²) < 4.78 is 19.1. The number of rotatable bonds is 2. The lowest BCUT2D eigenvalue weighted by Gasteiger charge is -2.04. The molecule has 0 spiro atoms. The maximum atomic E-state index is 10.9. The Balaban J connectivity index is 3.10. The predicted molar refractivity (Wildman–Crippen MR) is 51.1 cm³/mol. The molecule has 4 nitrogen and oxygen atoms in total. The van der Waals surface area contributed by atoms with Crippen LogP contribution >= 0.6 is 11.6 Å². The number of halogens is 1. The Morgan fingerprint density at radius 3 is 2.92 bits per heavy atom. The fraction of sp³-hybridized carbons (Fsp3) is 0.286. The van der Waals surface area contributed by atoms with Crippen LogP contribution in [-0.4, -0.2) is 12.1 Å². The molecular weight excluding hydrogens is 212 g/mol. The summed E-state index contributed by atoms with van der Waals surface area (Å²) in [6, 6.07) is 1.65. The fourth-order valence-electron chi connectivity index (χ4n) is 0.728. The minimum Gasteiger partial charge on any atom is -0.441 e. The first kappa shape index (κ1) is 10.4. The van der Waals surface area contributed by atoms with Gasteiger partial charge in [0.15, 0.2) is 0 Å². The molecule has 0 atom stereocenters. The molecular formula is C7H8ClN2O2S-. The highest BCUT2D eigenvalue weighted by Crippen LogP contribution is 2.19. The summed E-state index contributed by atoms with van der Waals surface area (Å²) >= 11 is 5.63. The van der Waals surface area contributed by atoms with Crippen LogP contribution in [0.3, 0.4) is 0 Å². The Labute approximate surface area is 83.3 Å². The van der Waals surface area contributed by atoms with E-state index in [0.717, 1.165) is 5.56 Å². The van der Waals surface area contributed by atoms with Gasteiger partial charge in [-0.2, -0.15) is 0 Å². The molecule has 72 valence electrons. The number of hydrogen-bond acceptors (Lipinski definition) is 5. The van der Waals surface area contributed by atoms with E-state index in [0.29, 0.717) is 10.8 Å². The number of aryl methyl sites for hydroxylation is 1. The van der Waals surface area contributed by atoms with E-state index in [9.17, 15) is 4.21 Å². The highest BCUT2D eigenvalue weighted by molar-refractivity contribution is 7.69. The molecule has 0 aliphatic carbocycles. The van der Waals surface area contributed by atoms with Gasteiger partial charge in [-0.15, -0.1) is 0 Å². The maximum Gasteiger partial charge on any atom is 0.129 e. The highest BCUT2D eigenvalue weighted by Gasteiger charge is 1.95. The topological polar surface area (TPSA) is 51.5 Å². The second-order valence-corrected chi connectivity index (χ2v) is 3.61. The lowest BCUT2D eigenvalue weighted by molar-refractivity contribution is 0.438. The van der Waals surface area contributed by atoms with Crippen LogP contribution in [0, 0.1) is 6.92 Å². The van der Waals surface area contributed by atoms with Gasteiger partial charge in [-0.25, -0.2) is 4.98 Å². The summed E-state index contributed by atoms with van der Waals surface area (Å²) in [5.74, 6) is 0. The molecule has 0 aliphatic heterocycles. The van der Waals surface area contributed by atoms with Crippen LogP contribution in [-0.2, 0) is 19.3 Å². The lowest BCUT2D eigenvalue weighted by Crippen LogP contribution is -1.81. The molecule has 0 saturated carbocycles.